The van der Waals surface area contributed by atoms with Gasteiger partial charge in [0.2, 0.25) is 0 Å². The van der Waals surface area contributed by atoms with Crippen molar-refractivity contribution in [3.8, 4) is 0 Å². The molecule has 0 aromatic heterocycles. The Morgan fingerprint density at radius 1 is 1.15 bits per heavy atom. The standard InChI is InChI=1S/C21H28O6/c1-9(2)19-14(26-19)15-21(27-15,20(17(19)23)11(4)25-20)18(5)7-6-12-13(10(18)3)8-24-16(12)22/h9-11,14-15,17,23H,6-8H2,1-5H3/t10-,11?,14-,15-,17+,18-,19-,20+,21+/m0/s1. The second-order valence-electron chi connectivity index (χ2n) is 10.00. The molecular formula is C21H28O6. The van der Waals surface area contributed by atoms with Gasteiger partial charge in [-0.1, -0.05) is 27.7 Å². The molecule has 0 aromatic rings. The fourth-order valence-electron chi connectivity index (χ4n) is 7.21. The fourth-order valence-corrected chi connectivity index (χ4v) is 7.21. The zero-order valence-corrected chi connectivity index (χ0v) is 16.6. The van der Waals surface area contributed by atoms with Gasteiger partial charge in [-0.2, -0.15) is 0 Å². The third-order valence-corrected chi connectivity index (χ3v) is 9.10. The summed E-state index contributed by atoms with van der Waals surface area (Å²) in [4.78, 5) is 12.1. The van der Waals surface area contributed by atoms with Gasteiger partial charge < -0.3 is 24.1 Å². The number of epoxide rings is 3. The molecule has 1 N–H and O–H groups in total. The van der Waals surface area contributed by atoms with Crippen molar-refractivity contribution in [1.29, 1.82) is 0 Å². The monoisotopic (exact) mass is 376 g/mol. The molecule has 148 valence electrons. The Morgan fingerprint density at radius 3 is 2.48 bits per heavy atom. The molecule has 4 heterocycles. The second-order valence-corrected chi connectivity index (χ2v) is 10.00. The zero-order valence-electron chi connectivity index (χ0n) is 16.6. The first-order valence-electron chi connectivity index (χ1n) is 10.3. The van der Waals surface area contributed by atoms with Crippen LogP contribution < -0.4 is 0 Å². The minimum Gasteiger partial charge on any atom is -0.458 e. The number of carbonyl (C=O) groups is 1. The molecule has 6 heteroatoms. The number of rotatable bonds is 2. The molecule has 4 aliphatic heterocycles. The van der Waals surface area contributed by atoms with E-state index >= 15 is 0 Å². The van der Waals surface area contributed by atoms with Crippen LogP contribution in [0.1, 0.15) is 47.5 Å². The number of esters is 1. The first-order chi connectivity index (χ1) is 12.7. The van der Waals surface area contributed by atoms with E-state index in [9.17, 15) is 9.90 Å². The summed E-state index contributed by atoms with van der Waals surface area (Å²) in [6.07, 6.45) is 0.624. The molecular weight excluding hydrogens is 348 g/mol. The van der Waals surface area contributed by atoms with Crippen molar-refractivity contribution in [2.45, 2.75) is 88.7 Å². The first kappa shape index (κ1) is 17.0. The lowest BCUT2D eigenvalue weighted by atomic mass is 9.51. The molecule has 1 unspecified atom stereocenters. The Labute approximate surface area is 159 Å². The van der Waals surface area contributed by atoms with Gasteiger partial charge >= 0.3 is 5.97 Å². The van der Waals surface area contributed by atoms with Gasteiger partial charge in [0.1, 0.15) is 36.1 Å². The maximum atomic E-state index is 12.1. The molecule has 0 aromatic carbocycles. The molecule has 0 bridgehead atoms. The van der Waals surface area contributed by atoms with E-state index in [1.54, 1.807) is 0 Å². The van der Waals surface area contributed by atoms with Crippen LogP contribution >= 0.6 is 0 Å². The van der Waals surface area contributed by atoms with E-state index < -0.39 is 22.9 Å². The van der Waals surface area contributed by atoms with Gasteiger partial charge in [-0.25, -0.2) is 4.79 Å². The molecule has 4 fully saturated rings. The van der Waals surface area contributed by atoms with Crippen molar-refractivity contribution in [1.82, 2.24) is 0 Å². The van der Waals surface area contributed by atoms with Crippen molar-refractivity contribution < 1.29 is 28.8 Å². The maximum absolute atomic E-state index is 12.1. The van der Waals surface area contributed by atoms with Crippen LogP contribution in [0.5, 0.6) is 0 Å². The third-order valence-electron chi connectivity index (χ3n) is 9.10. The van der Waals surface area contributed by atoms with Crippen LogP contribution in [0, 0.1) is 17.3 Å². The zero-order chi connectivity index (χ0) is 19.1. The summed E-state index contributed by atoms with van der Waals surface area (Å²) in [6.45, 7) is 11.0. The number of fused-ring (bicyclic) bond motifs is 4. The summed E-state index contributed by atoms with van der Waals surface area (Å²) in [5.74, 6) is 0.159. The van der Waals surface area contributed by atoms with Crippen LogP contribution in [0.4, 0.5) is 0 Å². The summed E-state index contributed by atoms with van der Waals surface area (Å²) in [5, 5.41) is 11.5. The van der Waals surface area contributed by atoms with Gasteiger partial charge in [0.05, 0.1) is 6.10 Å². The van der Waals surface area contributed by atoms with Gasteiger partial charge in [-0.3, -0.25) is 0 Å². The average Bonchev–Trinajstić information content (AvgIpc) is 3.51. The van der Waals surface area contributed by atoms with Crippen molar-refractivity contribution in [3.63, 3.8) is 0 Å². The molecule has 6 aliphatic rings. The van der Waals surface area contributed by atoms with Crippen molar-refractivity contribution >= 4 is 5.97 Å². The van der Waals surface area contributed by atoms with E-state index in [1.807, 2.05) is 6.92 Å². The summed E-state index contributed by atoms with van der Waals surface area (Å²) in [7, 11) is 0. The molecule has 27 heavy (non-hydrogen) atoms. The Balaban J connectivity index is 1.46. The quantitative estimate of drug-likeness (QED) is 0.584. The van der Waals surface area contributed by atoms with Crippen LogP contribution in [0.2, 0.25) is 0 Å². The van der Waals surface area contributed by atoms with E-state index in [4.69, 9.17) is 18.9 Å². The molecule has 9 atom stereocenters. The Bertz CT molecular complexity index is 804. The minimum atomic E-state index is -0.723. The lowest BCUT2D eigenvalue weighted by molar-refractivity contribution is -0.136. The lowest BCUT2D eigenvalue weighted by Gasteiger charge is -2.49. The number of aliphatic hydroxyl groups excluding tert-OH is 1. The molecule has 0 amide bonds. The second kappa shape index (κ2) is 4.45. The minimum absolute atomic E-state index is 0.0547. The van der Waals surface area contributed by atoms with Crippen LogP contribution in [0.25, 0.3) is 0 Å². The van der Waals surface area contributed by atoms with Crippen LogP contribution in [0.15, 0.2) is 11.1 Å². The summed E-state index contributed by atoms with van der Waals surface area (Å²) < 4.78 is 24.3. The largest absolute Gasteiger partial charge is 0.458 e. The highest BCUT2D eigenvalue weighted by molar-refractivity contribution is 5.92. The van der Waals surface area contributed by atoms with Gasteiger partial charge in [-0.05, 0) is 37.2 Å². The van der Waals surface area contributed by atoms with Crippen LogP contribution in [0.3, 0.4) is 0 Å². The third kappa shape index (κ3) is 1.47. The van der Waals surface area contributed by atoms with E-state index in [0.717, 1.165) is 17.6 Å². The molecule has 3 saturated heterocycles. The topological polar surface area (TPSA) is 84.1 Å². The maximum Gasteiger partial charge on any atom is 0.334 e. The SMILES string of the molecule is CC(C)[C@]12O[C@H]1[C@@H]1O[C@]1([C@@]1(C)CCC3=C(COC3=O)[C@@H]1C)[C@]1(OC1C)[C@@H]2O. The van der Waals surface area contributed by atoms with Crippen LogP contribution in [-0.4, -0.2) is 58.9 Å². The smallest absolute Gasteiger partial charge is 0.334 e. The Kier molecular flexibility index (Phi) is 2.80. The van der Waals surface area contributed by atoms with Gasteiger partial charge in [0.15, 0.2) is 5.60 Å². The number of cyclic esters (lactones) is 1. The molecule has 6 rings (SSSR count). The molecule has 6 nitrogen and oxygen atoms in total. The van der Waals surface area contributed by atoms with Gasteiger partial charge in [0.25, 0.3) is 0 Å². The van der Waals surface area contributed by atoms with Crippen LogP contribution in [-0.2, 0) is 23.7 Å². The van der Waals surface area contributed by atoms with E-state index in [1.165, 1.54) is 0 Å². The molecule has 1 saturated carbocycles. The Hall–Kier alpha value is -0.950. The predicted octanol–water partition coefficient (Wildman–Crippen LogP) is 1.74. The Morgan fingerprint density at radius 2 is 1.85 bits per heavy atom. The molecule has 1 spiro atoms. The number of ether oxygens (including phenoxy) is 4. The average molecular weight is 376 g/mol. The number of hydrogen-bond acceptors (Lipinski definition) is 6. The number of hydrogen-bond donors (Lipinski definition) is 1. The first-order valence-corrected chi connectivity index (χ1v) is 10.3. The number of carbonyl (C=O) groups excluding carboxylic acids is 1. The highest BCUT2D eigenvalue weighted by Crippen LogP contribution is 2.79. The van der Waals surface area contributed by atoms with Gasteiger partial charge in [0, 0.05) is 11.0 Å². The molecule has 0 radical (unpaired) electrons. The normalized spacial score (nSPS) is 60.1. The highest BCUT2D eigenvalue weighted by Gasteiger charge is 2.98. The van der Waals surface area contributed by atoms with Crippen molar-refractivity contribution in [3.05, 3.63) is 11.1 Å². The van der Waals surface area contributed by atoms with Crippen molar-refractivity contribution in [2.24, 2.45) is 17.3 Å². The highest BCUT2D eigenvalue weighted by atomic mass is 16.7. The number of aliphatic hydroxyl groups is 1. The van der Waals surface area contributed by atoms with E-state index in [2.05, 4.69) is 27.7 Å². The van der Waals surface area contributed by atoms with Gasteiger partial charge in [-0.15, -0.1) is 0 Å². The lowest BCUT2D eigenvalue weighted by Crippen LogP contribution is -2.66. The fraction of sp³-hybridized carbons (Fsp3) is 0.857. The summed E-state index contributed by atoms with van der Waals surface area (Å²) in [5.41, 5.74) is -0.136. The predicted molar refractivity (Wildman–Crippen MR) is 93.8 cm³/mol. The van der Waals surface area contributed by atoms with Crippen molar-refractivity contribution in [2.75, 3.05) is 6.61 Å². The van der Waals surface area contributed by atoms with E-state index in [-0.39, 0.29) is 41.5 Å². The van der Waals surface area contributed by atoms with E-state index in [0.29, 0.717) is 13.0 Å². The summed E-state index contributed by atoms with van der Waals surface area (Å²) >= 11 is 0. The molecule has 2 aliphatic carbocycles. The summed E-state index contributed by atoms with van der Waals surface area (Å²) in [6, 6.07) is 0.